The zero-order valence-corrected chi connectivity index (χ0v) is 21.5. The van der Waals surface area contributed by atoms with Crippen LogP contribution >= 0.6 is 0 Å². The summed E-state index contributed by atoms with van der Waals surface area (Å²) in [6.07, 6.45) is 7.80. The highest BCUT2D eigenvalue weighted by atomic mass is 16.5. The summed E-state index contributed by atoms with van der Waals surface area (Å²) in [7, 11) is 0. The van der Waals surface area contributed by atoms with Gasteiger partial charge in [0.05, 0.1) is 11.3 Å². The number of para-hydroxylation sites is 1. The van der Waals surface area contributed by atoms with E-state index in [1.54, 1.807) is 6.33 Å². The van der Waals surface area contributed by atoms with E-state index in [9.17, 15) is 4.79 Å². The van der Waals surface area contributed by atoms with Gasteiger partial charge in [-0.3, -0.25) is 4.79 Å². The van der Waals surface area contributed by atoms with Crippen LogP contribution in [-0.4, -0.2) is 45.0 Å². The quantitative estimate of drug-likeness (QED) is 0.363. The molecule has 0 spiro atoms. The first kappa shape index (κ1) is 24.4. The van der Waals surface area contributed by atoms with Crippen LogP contribution < -0.4 is 16.2 Å². The summed E-state index contributed by atoms with van der Waals surface area (Å²) in [5, 5.41) is 0.868. The summed E-state index contributed by atoms with van der Waals surface area (Å²) in [5.41, 5.74) is 15.9. The number of hydrogen-bond acceptors (Lipinski definition) is 6. The van der Waals surface area contributed by atoms with Crippen LogP contribution in [0.15, 0.2) is 67.1 Å². The van der Waals surface area contributed by atoms with Crippen LogP contribution in [0.2, 0.25) is 0 Å². The van der Waals surface area contributed by atoms with Crippen LogP contribution in [0, 0.1) is 11.8 Å². The van der Waals surface area contributed by atoms with Crippen LogP contribution in [0.3, 0.4) is 0 Å². The zero-order valence-electron chi connectivity index (χ0n) is 21.5. The number of piperidine rings is 1. The van der Waals surface area contributed by atoms with Gasteiger partial charge < -0.3 is 25.7 Å². The molecule has 2 fully saturated rings. The monoisotopic (exact) mass is 510 g/mol. The molecule has 1 saturated carbocycles. The SMILES string of the molecule is NC(=O)C1CCCN(CC2CC(n3cc(-c4ccccc4OCc4ccccc4)c4c(N)ncnc43)C2)C1. The molecule has 2 aromatic carbocycles. The first-order valence-electron chi connectivity index (χ1n) is 13.5. The molecule has 0 radical (unpaired) electrons. The summed E-state index contributed by atoms with van der Waals surface area (Å²) in [6, 6.07) is 18.6. The first-order chi connectivity index (χ1) is 18.6. The highest BCUT2D eigenvalue weighted by Crippen LogP contribution is 2.44. The van der Waals surface area contributed by atoms with Gasteiger partial charge >= 0.3 is 0 Å². The van der Waals surface area contributed by atoms with Gasteiger partial charge in [-0.05, 0) is 49.8 Å². The van der Waals surface area contributed by atoms with Crippen LogP contribution in [0.1, 0.15) is 37.3 Å². The molecule has 2 aromatic heterocycles. The van der Waals surface area contributed by atoms with E-state index < -0.39 is 0 Å². The van der Waals surface area contributed by atoms with Crippen molar-refractivity contribution in [2.75, 3.05) is 25.4 Å². The van der Waals surface area contributed by atoms with E-state index in [0.29, 0.717) is 24.4 Å². The molecule has 1 amide bonds. The Balaban J connectivity index is 1.23. The Kier molecular flexibility index (Phi) is 6.72. The lowest BCUT2D eigenvalue weighted by Crippen LogP contribution is -2.45. The zero-order chi connectivity index (χ0) is 26.1. The molecular formula is C30H34N6O2. The van der Waals surface area contributed by atoms with Gasteiger partial charge in [-0.1, -0.05) is 48.5 Å². The maximum atomic E-state index is 11.7. The Morgan fingerprint density at radius 3 is 2.63 bits per heavy atom. The summed E-state index contributed by atoms with van der Waals surface area (Å²) in [6.45, 7) is 3.33. The number of amides is 1. The minimum absolute atomic E-state index is 0.0144. The Morgan fingerprint density at radius 2 is 1.82 bits per heavy atom. The third-order valence-corrected chi connectivity index (χ3v) is 8.08. The van der Waals surface area contributed by atoms with Gasteiger partial charge in [0.25, 0.3) is 0 Å². The van der Waals surface area contributed by atoms with Gasteiger partial charge in [0.1, 0.15) is 30.1 Å². The number of benzene rings is 2. The smallest absolute Gasteiger partial charge is 0.221 e. The molecule has 4 aromatic rings. The third kappa shape index (κ3) is 4.84. The summed E-state index contributed by atoms with van der Waals surface area (Å²) >= 11 is 0. The Hall–Kier alpha value is -3.91. The van der Waals surface area contributed by atoms with E-state index in [4.69, 9.17) is 16.2 Å². The number of aromatic nitrogens is 3. The van der Waals surface area contributed by atoms with Crippen molar-refractivity contribution in [3.8, 4) is 16.9 Å². The molecule has 196 valence electrons. The largest absolute Gasteiger partial charge is 0.488 e. The molecule has 1 aliphatic carbocycles. The molecule has 8 nitrogen and oxygen atoms in total. The maximum absolute atomic E-state index is 11.7. The normalized spacial score (nSPS) is 21.7. The minimum atomic E-state index is -0.169. The van der Waals surface area contributed by atoms with Crippen LogP contribution in [0.25, 0.3) is 22.2 Å². The summed E-state index contributed by atoms with van der Waals surface area (Å²) < 4.78 is 8.55. The van der Waals surface area contributed by atoms with Crippen molar-refractivity contribution in [2.45, 2.75) is 38.3 Å². The highest BCUT2D eigenvalue weighted by Gasteiger charge is 2.35. The van der Waals surface area contributed by atoms with Gasteiger partial charge in [-0.25, -0.2) is 9.97 Å². The molecule has 6 rings (SSSR count). The van der Waals surface area contributed by atoms with Crippen LogP contribution in [0.5, 0.6) is 5.75 Å². The van der Waals surface area contributed by atoms with Crippen molar-refractivity contribution < 1.29 is 9.53 Å². The molecule has 1 saturated heterocycles. The predicted octanol–water partition coefficient (Wildman–Crippen LogP) is 4.41. The number of likely N-dealkylation sites (tertiary alicyclic amines) is 1. The van der Waals surface area contributed by atoms with Crippen molar-refractivity contribution >= 4 is 22.8 Å². The molecule has 8 heteroatoms. The molecule has 0 bridgehead atoms. The number of hydrogen-bond donors (Lipinski definition) is 2. The molecule has 1 unspecified atom stereocenters. The van der Waals surface area contributed by atoms with Crippen LogP contribution in [0.4, 0.5) is 5.82 Å². The minimum Gasteiger partial charge on any atom is -0.488 e. The Morgan fingerprint density at radius 1 is 1.03 bits per heavy atom. The number of fused-ring (bicyclic) bond motifs is 1. The van der Waals surface area contributed by atoms with E-state index in [1.165, 1.54) is 0 Å². The van der Waals surface area contributed by atoms with E-state index in [-0.39, 0.29) is 11.8 Å². The van der Waals surface area contributed by atoms with E-state index in [0.717, 1.165) is 78.8 Å². The third-order valence-electron chi connectivity index (χ3n) is 8.08. The fraction of sp³-hybridized carbons (Fsp3) is 0.367. The van der Waals surface area contributed by atoms with Gasteiger partial charge in [-0.15, -0.1) is 0 Å². The number of nitrogens with zero attached hydrogens (tertiary/aromatic N) is 4. The molecule has 4 N–H and O–H groups in total. The van der Waals surface area contributed by atoms with Gasteiger partial charge in [0.2, 0.25) is 5.91 Å². The second kappa shape index (κ2) is 10.5. The number of rotatable bonds is 8. The molecule has 38 heavy (non-hydrogen) atoms. The number of carbonyl (C=O) groups is 1. The van der Waals surface area contributed by atoms with Crippen molar-refractivity contribution in [1.29, 1.82) is 0 Å². The number of nitrogen functional groups attached to an aromatic ring is 1. The van der Waals surface area contributed by atoms with E-state index in [2.05, 4.69) is 43.8 Å². The van der Waals surface area contributed by atoms with E-state index in [1.807, 2.05) is 36.4 Å². The number of nitrogens with two attached hydrogens (primary N) is 2. The standard InChI is InChI=1S/C30H34N6O2/c31-28-27-25(24-10-4-5-11-26(24)38-18-20-7-2-1-3-8-20)17-36(30(27)34-19-33-28)23-13-21(14-23)15-35-12-6-9-22(16-35)29(32)37/h1-5,7-8,10-11,17,19,21-23H,6,9,12-16,18H2,(H2,32,37)(H2,31,33,34). The number of ether oxygens (including phenoxy) is 1. The lowest BCUT2D eigenvalue weighted by Gasteiger charge is -2.41. The molecule has 1 aliphatic heterocycles. The predicted molar refractivity (Wildman–Crippen MR) is 148 cm³/mol. The van der Waals surface area contributed by atoms with Crippen molar-refractivity contribution in [2.24, 2.45) is 17.6 Å². The Labute approximate surface area is 222 Å². The molecule has 3 heterocycles. The fourth-order valence-electron chi connectivity index (χ4n) is 6.04. The summed E-state index contributed by atoms with van der Waals surface area (Å²) in [4.78, 5) is 23.1. The van der Waals surface area contributed by atoms with Crippen molar-refractivity contribution in [1.82, 2.24) is 19.4 Å². The highest BCUT2D eigenvalue weighted by molar-refractivity contribution is 6.01. The molecule has 1 atom stereocenters. The number of carbonyl (C=O) groups excluding carboxylic acids is 1. The lowest BCUT2D eigenvalue weighted by atomic mass is 9.79. The van der Waals surface area contributed by atoms with E-state index >= 15 is 0 Å². The van der Waals surface area contributed by atoms with Crippen molar-refractivity contribution in [3.63, 3.8) is 0 Å². The number of primary amides is 1. The fourth-order valence-corrected chi connectivity index (χ4v) is 6.04. The van der Waals surface area contributed by atoms with Gasteiger partial charge in [-0.2, -0.15) is 0 Å². The maximum Gasteiger partial charge on any atom is 0.221 e. The van der Waals surface area contributed by atoms with Gasteiger partial charge in [0.15, 0.2) is 0 Å². The summed E-state index contributed by atoms with van der Waals surface area (Å²) in [5.74, 6) is 1.69. The lowest BCUT2D eigenvalue weighted by molar-refractivity contribution is -0.123. The van der Waals surface area contributed by atoms with Crippen LogP contribution in [-0.2, 0) is 11.4 Å². The first-order valence-corrected chi connectivity index (χ1v) is 13.5. The molecular weight excluding hydrogens is 476 g/mol. The molecule has 2 aliphatic rings. The average Bonchev–Trinajstić information content (AvgIpc) is 3.30. The topological polar surface area (TPSA) is 112 Å². The second-order valence-corrected chi connectivity index (χ2v) is 10.7. The number of anilines is 1. The van der Waals surface area contributed by atoms with Crippen molar-refractivity contribution in [3.05, 3.63) is 72.7 Å². The van der Waals surface area contributed by atoms with Gasteiger partial charge in [0, 0.05) is 36.5 Å². The second-order valence-electron chi connectivity index (χ2n) is 10.7. The average molecular weight is 511 g/mol. The Bertz CT molecular complexity index is 1430.